The van der Waals surface area contributed by atoms with Crippen LogP contribution in [0, 0.1) is 0 Å². The molecular weight excluding hydrogens is 256 g/mol. The molecule has 20 heavy (non-hydrogen) atoms. The average Bonchev–Trinajstić information content (AvgIpc) is 2.24. The van der Waals surface area contributed by atoms with E-state index < -0.39 is 0 Å². The molecule has 1 unspecified atom stereocenters. The molecular formula is C14H26N4O2. The predicted octanol–water partition coefficient (Wildman–Crippen LogP) is -0.593. The van der Waals surface area contributed by atoms with E-state index in [4.69, 9.17) is 0 Å². The number of nitrogens with one attached hydrogen (secondary N) is 2. The van der Waals surface area contributed by atoms with Gasteiger partial charge in [-0.3, -0.25) is 14.5 Å². The lowest BCUT2D eigenvalue weighted by Crippen LogP contribution is -2.59. The molecule has 0 aromatic carbocycles. The normalized spacial score (nSPS) is 24.1. The first-order valence-corrected chi connectivity index (χ1v) is 7.41. The van der Waals surface area contributed by atoms with Gasteiger partial charge in [0, 0.05) is 31.7 Å². The van der Waals surface area contributed by atoms with Crippen molar-refractivity contribution in [3.63, 3.8) is 0 Å². The second-order valence-corrected chi connectivity index (χ2v) is 6.69. The zero-order valence-corrected chi connectivity index (χ0v) is 12.7. The van der Waals surface area contributed by atoms with Crippen molar-refractivity contribution < 1.29 is 9.59 Å². The fourth-order valence-corrected chi connectivity index (χ4v) is 2.51. The minimum Gasteiger partial charge on any atom is -0.350 e. The van der Waals surface area contributed by atoms with Crippen LogP contribution in [0.3, 0.4) is 0 Å². The fraction of sp³-hybridized carbons (Fsp3) is 0.857. The first kappa shape index (κ1) is 15.3. The van der Waals surface area contributed by atoms with Crippen molar-refractivity contribution in [2.45, 2.75) is 38.8 Å². The molecule has 2 N–H and O–H groups in total. The molecule has 2 heterocycles. The SMILES string of the molecule is CC(C)(C)NC(=O)CN1CCN(C(=O)C2CCN2)CC1. The van der Waals surface area contributed by atoms with E-state index >= 15 is 0 Å². The minimum absolute atomic E-state index is 0.0331. The lowest BCUT2D eigenvalue weighted by atomic mass is 10.1. The van der Waals surface area contributed by atoms with Crippen LogP contribution in [-0.4, -0.2) is 72.5 Å². The second kappa shape index (κ2) is 6.10. The highest BCUT2D eigenvalue weighted by atomic mass is 16.2. The van der Waals surface area contributed by atoms with Gasteiger partial charge in [0.15, 0.2) is 0 Å². The molecule has 2 rings (SSSR count). The summed E-state index contributed by atoms with van der Waals surface area (Å²) < 4.78 is 0. The van der Waals surface area contributed by atoms with Gasteiger partial charge in [-0.1, -0.05) is 0 Å². The predicted molar refractivity (Wildman–Crippen MR) is 77.3 cm³/mol. The highest BCUT2D eigenvalue weighted by molar-refractivity contribution is 5.83. The molecule has 0 spiro atoms. The first-order chi connectivity index (χ1) is 9.35. The number of rotatable bonds is 3. The quantitative estimate of drug-likeness (QED) is 0.726. The van der Waals surface area contributed by atoms with Crippen LogP contribution < -0.4 is 10.6 Å². The van der Waals surface area contributed by atoms with Crippen LogP contribution in [0.1, 0.15) is 27.2 Å². The highest BCUT2D eigenvalue weighted by Crippen LogP contribution is 2.10. The van der Waals surface area contributed by atoms with Gasteiger partial charge in [-0.15, -0.1) is 0 Å². The number of carbonyl (C=O) groups excluding carboxylic acids is 2. The smallest absolute Gasteiger partial charge is 0.239 e. The first-order valence-electron chi connectivity index (χ1n) is 7.41. The minimum atomic E-state index is -0.190. The second-order valence-electron chi connectivity index (χ2n) is 6.69. The molecule has 2 aliphatic rings. The molecule has 0 aromatic heterocycles. The van der Waals surface area contributed by atoms with Crippen molar-refractivity contribution in [1.82, 2.24) is 20.4 Å². The van der Waals surface area contributed by atoms with Crippen molar-refractivity contribution in [3.8, 4) is 0 Å². The van der Waals surface area contributed by atoms with Gasteiger partial charge in [-0.05, 0) is 33.7 Å². The van der Waals surface area contributed by atoms with E-state index in [9.17, 15) is 9.59 Å². The number of amides is 2. The number of hydrogen-bond acceptors (Lipinski definition) is 4. The van der Waals surface area contributed by atoms with Gasteiger partial charge >= 0.3 is 0 Å². The topological polar surface area (TPSA) is 64.7 Å². The molecule has 0 bridgehead atoms. The van der Waals surface area contributed by atoms with Crippen LogP contribution in [-0.2, 0) is 9.59 Å². The van der Waals surface area contributed by atoms with Crippen molar-refractivity contribution in [1.29, 1.82) is 0 Å². The number of hydrogen-bond donors (Lipinski definition) is 2. The van der Waals surface area contributed by atoms with Crippen LogP contribution in [0.4, 0.5) is 0 Å². The Bertz CT molecular complexity index is 366. The Hall–Kier alpha value is -1.14. The third-order valence-electron chi connectivity index (χ3n) is 3.69. The van der Waals surface area contributed by atoms with Gasteiger partial charge in [0.05, 0.1) is 12.6 Å². The molecule has 2 saturated heterocycles. The summed E-state index contributed by atoms with van der Waals surface area (Å²) in [5.41, 5.74) is -0.190. The van der Waals surface area contributed by atoms with E-state index in [1.54, 1.807) is 0 Å². The summed E-state index contributed by atoms with van der Waals surface area (Å²) >= 11 is 0. The Labute approximate surface area is 120 Å². The maximum atomic E-state index is 12.1. The zero-order chi connectivity index (χ0) is 14.8. The highest BCUT2D eigenvalue weighted by Gasteiger charge is 2.31. The zero-order valence-electron chi connectivity index (χ0n) is 12.7. The van der Waals surface area contributed by atoms with Gasteiger partial charge in [-0.2, -0.15) is 0 Å². The molecule has 2 aliphatic heterocycles. The van der Waals surface area contributed by atoms with Crippen LogP contribution in [0.2, 0.25) is 0 Å². The Kier molecular flexibility index (Phi) is 4.65. The van der Waals surface area contributed by atoms with Crippen LogP contribution in [0.25, 0.3) is 0 Å². The van der Waals surface area contributed by atoms with Crippen molar-refractivity contribution >= 4 is 11.8 Å². The Morgan fingerprint density at radius 2 is 1.80 bits per heavy atom. The summed E-state index contributed by atoms with van der Waals surface area (Å²) in [5.74, 6) is 0.271. The Morgan fingerprint density at radius 1 is 1.20 bits per heavy atom. The lowest BCUT2D eigenvalue weighted by Gasteiger charge is -2.38. The van der Waals surface area contributed by atoms with E-state index in [0.29, 0.717) is 6.54 Å². The number of nitrogens with zero attached hydrogens (tertiary/aromatic N) is 2. The molecule has 1 atom stereocenters. The van der Waals surface area contributed by atoms with E-state index in [1.165, 1.54) is 0 Å². The van der Waals surface area contributed by atoms with Crippen molar-refractivity contribution in [2.75, 3.05) is 39.3 Å². The number of carbonyl (C=O) groups is 2. The van der Waals surface area contributed by atoms with E-state index in [2.05, 4.69) is 15.5 Å². The summed E-state index contributed by atoms with van der Waals surface area (Å²) in [7, 11) is 0. The summed E-state index contributed by atoms with van der Waals surface area (Å²) in [6, 6.07) is 0.0331. The third kappa shape index (κ3) is 4.18. The third-order valence-corrected chi connectivity index (χ3v) is 3.69. The molecule has 114 valence electrons. The Morgan fingerprint density at radius 3 is 2.25 bits per heavy atom. The van der Waals surface area contributed by atoms with E-state index in [-0.39, 0.29) is 23.4 Å². The monoisotopic (exact) mass is 282 g/mol. The summed E-state index contributed by atoms with van der Waals surface area (Å²) in [6.45, 7) is 10.3. The largest absolute Gasteiger partial charge is 0.350 e. The van der Waals surface area contributed by atoms with Gasteiger partial charge in [0.1, 0.15) is 0 Å². The van der Waals surface area contributed by atoms with Gasteiger partial charge in [0.25, 0.3) is 0 Å². The molecule has 2 amide bonds. The van der Waals surface area contributed by atoms with Crippen molar-refractivity contribution in [2.24, 2.45) is 0 Å². The number of piperazine rings is 1. The molecule has 6 heteroatoms. The van der Waals surface area contributed by atoms with Crippen LogP contribution >= 0.6 is 0 Å². The summed E-state index contributed by atoms with van der Waals surface area (Å²) in [5, 5.41) is 6.11. The molecule has 0 saturated carbocycles. The van der Waals surface area contributed by atoms with Crippen molar-refractivity contribution in [3.05, 3.63) is 0 Å². The summed E-state index contributed by atoms with van der Waals surface area (Å²) in [4.78, 5) is 27.9. The van der Waals surface area contributed by atoms with E-state index in [0.717, 1.165) is 39.1 Å². The van der Waals surface area contributed by atoms with Gasteiger partial charge in [0.2, 0.25) is 11.8 Å². The lowest BCUT2D eigenvalue weighted by molar-refractivity contribution is -0.137. The van der Waals surface area contributed by atoms with Crippen LogP contribution in [0.15, 0.2) is 0 Å². The molecule has 0 radical (unpaired) electrons. The average molecular weight is 282 g/mol. The fourth-order valence-electron chi connectivity index (χ4n) is 2.51. The van der Waals surface area contributed by atoms with Gasteiger partial charge < -0.3 is 15.5 Å². The molecule has 2 fully saturated rings. The maximum Gasteiger partial charge on any atom is 0.239 e. The molecule has 0 aliphatic carbocycles. The van der Waals surface area contributed by atoms with Crippen LogP contribution in [0.5, 0.6) is 0 Å². The molecule has 0 aromatic rings. The Balaban J connectivity index is 1.71. The van der Waals surface area contributed by atoms with E-state index in [1.807, 2.05) is 25.7 Å². The standard InChI is InChI=1S/C14H26N4O2/c1-14(2,3)16-12(19)10-17-6-8-18(9-7-17)13(20)11-4-5-15-11/h11,15H,4-10H2,1-3H3,(H,16,19). The summed E-state index contributed by atoms with van der Waals surface area (Å²) in [6.07, 6.45) is 0.951. The maximum absolute atomic E-state index is 12.1. The molecule has 6 nitrogen and oxygen atoms in total. The van der Waals surface area contributed by atoms with Gasteiger partial charge in [-0.25, -0.2) is 0 Å².